The fourth-order valence-corrected chi connectivity index (χ4v) is 4.49. The van der Waals surface area contributed by atoms with Crippen LogP contribution in [0.25, 0.3) is 0 Å². The monoisotopic (exact) mass is 390 g/mol. The third kappa shape index (κ3) is 4.14. The highest BCUT2D eigenvalue weighted by Crippen LogP contribution is 2.26. The van der Waals surface area contributed by atoms with Crippen molar-refractivity contribution in [3.05, 3.63) is 27.7 Å². The summed E-state index contributed by atoms with van der Waals surface area (Å²) in [6, 6.07) is 4.66. The van der Waals surface area contributed by atoms with Crippen molar-refractivity contribution < 1.29 is 8.42 Å². The molecular formula is C12H15BrN4O2S2. The lowest BCUT2D eigenvalue weighted by atomic mass is 10.1. The van der Waals surface area contributed by atoms with Gasteiger partial charge in [0.15, 0.2) is 0 Å². The molecule has 0 aliphatic carbocycles. The molecule has 0 unspecified atom stereocenters. The molecule has 114 valence electrons. The van der Waals surface area contributed by atoms with Crippen LogP contribution in [0.2, 0.25) is 0 Å². The van der Waals surface area contributed by atoms with Crippen molar-refractivity contribution in [1.82, 2.24) is 10.2 Å². The first-order chi connectivity index (χ1) is 9.78. The van der Waals surface area contributed by atoms with Gasteiger partial charge in [-0.05, 0) is 24.1 Å². The summed E-state index contributed by atoms with van der Waals surface area (Å²) in [7, 11) is -3.78. The van der Waals surface area contributed by atoms with E-state index in [1.807, 2.05) is 0 Å². The fraction of sp³-hybridized carbons (Fsp3) is 0.333. The highest BCUT2D eigenvalue weighted by Gasteiger charge is 2.20. The maximum Gasteiger partial charge on any atom is 0.265 e. The average molecular weight is 391 g/mol. The van der Waals surface area contributed by atoms with Gasteiger partial charge >= 0.3 is 0 Å². The van der Waals surface area contributed by atoms with E-state index in [2.05, 4.69) is 44.7 Å². The molecule has 0 saturated heterocycles. The molecule has 9 heteroatoms. The summed E-state index contributed by atoms with van der Waals surface area (Å²) in [6.07, 6.45) is 0.762. The number of nitrogens with one attached hydrogen (secondary N) is 1. The van der Waals surface area contributed by atoms with Gasteiger partial charge in [-0.15, -0.1) is 10.2 Å². The minimum Gasteiger partial charge on any atom is -0.398 e. The Morgan fingerprint density at radius 1 is 1.38 bits per heavy atom. The van der Waals surface area contributed by atoms with Crippen LogP contribution in [-0.4, -0.2) is 18.6 Å². The Hall–Kier alpha value is -1.19. The summed E-state index contributed by atoms with van der Waals surface area (Å²) >= 11 is 4.46. The Morgan fingerprint density at radius 2 is 2.10 bits per heavy atom. The van der Waals surface area contributed by atoms with Crippen LogP contribution in [0.3, 0.4) is 0 Å². The van der Waals surface area contributed by atoms with E-state index >= 15 is 0 Å². The number of aromatic nitrogens is 2. The molecule has 0 aliphatic rings. The second-order valence-electron chi connectivity index (χ2n) is 4.89. The van der Waals surface area contributed by atoms with Gasteiger partial charge < -0.3 is 5.73 Å². The average Bonchev–Trinajstić information content (AvgIpc) is 2.77. The molecule has 1 aromatic carbocycles. The summed E-state index contributed by atoms with van der Waals surface area (Å²) in [5.41, 5.74) is 5.91. The van der Waals surface area contributed by atoms with Gasteiger partial charge in [-0.3, -0.25) is 4.72 Å². The van der Waals surface area contributed by atoms with Crippen molar-refractivity contribution in [2.24, 2.45) is 5.92 Å². The number of hydrogen-bond acceptors (Lipinski definition) is 6. The molecule has 0 spiro atoms. The van der Waals surface area contributed by atoms with Gasteiger partial charge in [-0.2, -0.15) is 0 Å². The third-order valence-corrected chi connectivity index (χ3v) is 5.41. The van der Waals surface area contributed by atoms with Crippen LogP contribution < -0.4 is 10.5 Å². The SMILES string of the molecule is CC(C)Cc1nnc(NS(=O)(=O)c2cc(Br)ccc2N)s1. The number of anilines is 2. The Kier molecular flexibility index (Phi) is 4.84. The zero-order valence-electron chi connectivity index (χ0n) is 11.5. The highest BCUT2D eigenvalue weighted by molar-refractivity contribution is 9.10. The molecule has 2 aromatic rings. The van der Waals surface area contributed by atoms with Gasteiger partial charge in [-0.25, -0.2) is 8.42 Å². The van der Waals surface area contributed by atoms with Crippen molar-refractivity contribution in [2.45, 2.75) is 25.2 Å². The van der Waals surface area contributed by atoms with Crippen molar-refractivity contribution in [3.8, 4) is 0 Å². The van der Waals surface area contributed by atoms with Crippen LogP contribution in [0.4, 0.5) is 10.8 Å². The largest absolute Gasteiger partial charge is 0.398 e. The number of hydrogen-bond donors (Lipinski definition) is 2. The molecule has 21 heavy (non-hydrogen) atoms. The predicted octanol–water partition coefficient (Wildman–Crippen LogP) is 2.88. The van der Waals surface area contributed by atoms with E-state index in [4.69, 9.17) is 5.73 Å². The normalized spacial score (nSPS) is 11.8. The summed E-state index contributed by atoms with van der Waals surface area (Å²) in [4.78, 5) is 0.0116. The van der Waals surface area contributed by atoms with Crippen molar-refractivity contribution in [3.63, 3.8) is 0 Å². The number of sulfonamides is 1. The molecule has 0 fully saturated rings. The van der Waals surface area contributed by atoms with Crippen LogP contribution in [0.15, 0.2) is 27.6 Å². The van der Waals surface area contributed by atoms with Crippen LogP contribution in [-0.2, 0) is 16.4 Å². The first-order valence-electron chi connectivity index (χ1n) is 6.18. The van der Waals surface area contributed by atoms with Gasteiger partial charge in [0.2, 0.25) is 5.13 Å². The molecule has 6 nitrogen and oxygen atoms in total. The lowest BCUT2D eigenvalue weighted by molar-refractivity contribution is 0.601. The van der Waals surface area contributed by atoms with Gasteiger partial charge in [0, 0.05) is 10.9 Å². The summed E-state index contributed by atoms with van der Waals surface area (Å²) < 4.78 is 27.7. The van der Waals surface area contributed by atoms with E-state index in [9.17, 15) is 8.42 Å². The lowest BCUT2D eigenvalue weighted by Crippen LogP contribution is -2.14. The van der Waals surface area contributed by atoms with Crippen LogP contribution in [0.5, 0.6) is 0 Å². The van der Waals surface area contributed by atoms with E-state index in [0.29, 0.717) is 10.4 Å². The molecule has 1 aromatic heterocycles. The highest BCUT2D eigenvalue weighted by atomic mass is 79.9. The summed E-state index contributed by atoms with van der Waals surface area (Å²) in [5, 5.41) is 8.87. The number of nitrogens with zero attached hydrogens (tertiary/aromatic N) is 2. The van der Waals surface area contributed by atoms with Gasteiger partial charge in [0.25, 0.3) is 10.0 Å². The number of nitrogen functional groups attached to an aromatic ring is 1. The van der Waals surface area contributed by atoms with Gasteiger partial charge in [-0.1, -0.05) is 41.1 Å². The molecule has 0 amide bonds. The Bertz CT molecular complexity index is 743. The van der Waals surface area contributed by atoms with E-state index in [1.165, 1.54) is 23.5 Å². The summed E-state index contributed by atoms with van der Waals surface area (Å²) in [6.45, 7) is 4.13. The first-order valence-corrected chi connectivity index (χ1v) is 9.27. The van der Waals surface area contributed by atoms with E-state index in [0.717, 1.165) is 11.4 Å². The Balaban J connectivity index is 2.25. The Morgan fingerprint density at radius 3 is 2.76 bits per heavy atom. The molecule has 0 atom stereocenters. The molecule has 0 radical (unpaired) electrons. The number of halogens is 1. The minimum atomic E-state index is -3.78. The molecule has 3 N–H and O–H groups in total. The first kappa shape index (κ1) is 16.2. The topological polar surface area (TPSA) is 98.0 Å². The van der Waals surface area contributed by atoms with Crippen LogP contribution >= 0.6 is 27.3 Å². The zero-order chi connectivity index (χ0) is 15.6. The second-order valence-corrected chi connectivity index (χ2v) is 8.52. The molecule has 0 saturated carbocycles. The van der Waals surface area contributed by atoms with E-state index in [-0.39, 0.29) is 15.7 Å². The zero-order valence-corrected chi connectivity index (χ0v) is 14.7. The standard InChI is InChI=1S/C12H15BrN4O2S2/c1-7(2)5-11-15-16-12(20-11)17-21(18,19)10-6-8(13)3-4-9(10)14/h3-4,6-7H,5,14H2,1-2H3,(H,16,17). The van der Waals surface area contributed by atoms with Crippen molar-refractivity contribution in [1.29, 1.82) is 0 Å². The molecule has 0 bridgehead atoms. The maximum absolute atomic E-state index is 12.3. The third-order valence-electron chi connectivity index (χ3n) is 2.54. The van der Waals surface area contributed by atoms with Crippen molar-refractivity contribution >= 4 is 48.1 Å². The minimum absolute atomic E-state index is 0.0116. The number of rotatable bonds is 5. The van der Waals surface area contributed by atoms with Crippen LogP contribution in [0.1, 0.15) is 18.9 Å². The quantitative estimate of drug-likeness (QED) is 0.764. The van der Waals surface area contributed by atoms with E-state index < -0.39 is 10.0 Å². The molecule has 1 heterocycles. The fourth-order valence-electron chi connectivity index (χ4n) is 1.64. The number of benzene rings is 1. The van der Waals surface area contributed by atoms with Gasteiger partial charge in [0.05, 0.1) is 5.69 Å². The molecule has 0 aliphatic heterocycles. The second kappa shape index (κ2) is 6.29. The molecular weight excluding hydrogens is 376 g/mol. The predicted molar refractivity (Wildman–Crippen MR) is 87.8 cm³/mol. The smallest absolute Gasteiger partial charge is 0.265 e. The lowest BCUT2D eigenvalue weighted by Gasteiger charge is -2.07. The molecule has 2 rings (SSSR count). The number of nitrogens with two attached hydrogens (primary N) is 1. The summed E-state index contributed by atoms with van der Waals surface area (Å²) in [5.74, 6) is 0.433. The van der Waals surface area contributed by atoms with Crippen molar-refractivity contribution in [2.75, 3.05) is 10.5 Å². The van der Waals surface area contributed by atoms with Gasteiger partial charge in [0.1, 0.15) is 9.90 Å². The maximum atomic E-state index is 12.3. The van der Waals surface area contributed by atoms with Crippen LogP contribution in [0, 0.1) is 5.92 Å². The van der Waals surface area contributed by atoms with E-state index in [1.54, 1.807) is 6.07 Å². The Labute approximate surface area is 136 Å².